The summed E-state index contributed by atoms with van der Waals surface area (Å²) in [6.07, 6.45) is 3.31. The molecule has 1 spiro atoms. The molecule has 2 aliphatic heterocycles. The summed E-state index contributed by atoms with van der Waals surface area (Å²) >= 11 is 5.90. The fourth-order valence-electron chi connectivity index (χ4n) is 3.68. The normalized spacial score (nSPS) is 18.5. The van der Waals surface area contributed by atoms with Crippen molar-refractivity contribution in [2.24, 2.45) is 5.16 Å². The van der Waals surface area contributed by atoms with E-state index in [1.165, 1.54) is 5.56 Å². The predicted molar refractivity (Wildman–Crippen MR) is 103 cm³/mol. The van der Waals surface area contributed by atoms with Crippen LogP contribution in [0.4, 0.5) is 0 Å². The molecule has 0 bridgehead atoms. The Morgan fingerprint density at radius 3 is 2.46 bits per heavy atom. The van der Waals surface area contributed by atoms with Crippen molar-refractivity contribution in [3.63, 3.8) is 0 Å². The summed E-state index contributed by atoms with van der Waals surface area (Å²) in [5, 5.41) is 4.98. The number of carbonyl (C=O) groups is 1. The van der Waals surface area contributed by atoms with Gasteiger partial charge in [0.1, 0.15) is 5.60 Å². The number of halogens is 1. The third-order valence-corrected chi connectivity index (χ3v) is 5.45. The van der Waals surface area contributed by atoms with Gasteiger partial charge in [-0.3, -0.25) is 4.79 Å². The Balaban J connectivity index is 1.34. The van der Waals surface area contributed by atoms with E-state index in [1.54, 1.807) is 24.3 Å². The number of likely N-dealkylation sites (tertiary alicyclic amines) is 1. The summed E-state index contributed by atoms with van der Waals surface area (Å²) in [7, 11) is 0. The van der Waals surface area contributed by atoms with E-state index < -0.39 is 0 Å². The maximum atomic E-state index is 12.6. The van der Waals surface area contributed by atoms with Crippen LogP contribution in [0.5, 0.6) is 0 Å². The first kappa shape index (κ1) is 17.1. The summed E-state index contributed by atoms with van der Waals surface area (Å²) in [5.41, 5.74) is 2.79. The minimum atomic E-state index is -0.235. The van der Waals surface area contributed by atoms with Crippen LogP contribution in [0, 0.1) is 0 Å². The quantitative estimate of drug-likeness (QED) is 0.809. The Morgan fingerprint density at radius 1 is 1.08 bits per heavy atom. The molecule has 1 amide bonds. The molecule has 0 unspecified atom stereocenters. The first-order chi connectivity index (χ1) is 12.6. The molecule has 2 aromatic rings. The highest BCUT2D eigenvalue weighted by atomic mass is 35.5. The van der Waals surface area contributed by atoms with Crippen LogP contribution in [0.1, 0.15) is 35.2 Å². The van der Waals surface area contributed by atoms with E-state index in [2.05, 4.69) is 17.3 Å². The Bertz CT molecular complexity index is 810. The monoisotopic (exact) mass is 368 g/mol. The van der Waals surface area contributed by atoms with E-state index in [0.29, 0.717) is 23.7 Å². The maximum absolute atomic E-state index is 12.6. The highest BCUT2D eigenvalue weighted by molar-refractivity contribution is 6.30. The Morgan fingerprint density at radius 2 is 1.77 bits per heavy atom. The number of hydrogen-bond donors (Lipinski definition) is 0. The van der Waals surface area contributed by atoms with E-state index in [0.717, 1.165) is 31.4 Å². The number of nitrogens with zero attached hydrogens (tertiary/aromatic N) is 2. The molecule has 2 aromatic carbocycles. The van der Waals surface area contributed by atoms with Crippen molar-refractivity contribution in [2.45, 2.75) is 31.3 Å². The number of hydrogen-bond acceptors (Lipinski definition) is 3. The molecular formula is C21H21ClN2O2. The van der Waals surface area contributed by atoms with Crippen molar-refractivity contribution in [1.82, 2.24) is 4.90 Å². The lowest BCUT2D eigenvalue weighted by atomic mass is 9.85. The molecule has 1 saturated heterocycles. The van der Waals surface area contributed by atoms with Crippen LogP contribution >= 0.6 is 11.6 Å². The third kappa shape index (κ3) is 3.61. The van der Waals surface area contributed by atoms with Gasteiger partial charge in [0.15, 0.2) is 0 Å². The minimum Gasteiger partial charge on any atom is -0.389 e. The largest absolute Gasteiger partial charge is 0.389 e. The zero-order chi connectivity index (χ0) is 18.0. The zero-order valence-electron chi connectivity index (χ0n) is 14.5. The number of oxime groups is 1. The van der Waals surface area contributed by atoms with Crippen molar-refractivity contribution in [3.05, 3.63) is 70.7 Å². The van der Waals surface area contributed by atoms with Crippen molar-refractivity contribution >= 4 is 23.2 Å². The average Bonchev–Trinajstić information content (AvgIpc) is 3.05. The van der Waals surface area contributed by atoms with Gasteiger partial charge in [0, 0.05) is 49.4 Å². The molecule has 5 heteroatoms. The lowest BCUT2D eigenvalue weighted by Crippen LogP contribution is -2.46. The zero-order valence-corrected chi connectivity index (χ0v) is 15.3. The fourth-order valence-corrected chi connectivity index (χ4v) is 3.81. The van der Waals surface area contributed by atoms with E-state index >= 15 is 0 Å². The topological polar surface area (TPSA) is 41.9 Å². The molecule has 0 aliphatic carbocycles. The summed E-state index contributed by atoms with van der Waals surface area (Å²) in [4.78, 5) is 20.4. The van der Waals surface area contributed by atoms with Crippen LogP contribution in [0.3, 0.4) is 0 Å². The summed E-state index contributed by atoms with van der Waals surface area (Å²) < 4.78 is 0. The molecule has 2 aliphatic rings. The first-order valence-electron chi connectivity index (χ1n) is 8.96. The highest BCUT2D eigenvalue weighted by Crippen LogP contribution is 2.35. The fraction of sp³-hybridized carbons (Fsp3) is 0.333. The Hall–Kier alpha value is -2.33. The SMILES string of the molecule is O=C(c1ccc(Cl)cc1)N1CCC2(CC1)CC(Cc1ccccc1)=NO2. The summed E-state index contributed by atoms with van der Waals surface area (Å²) in [6.45, 7) is 1.38. The molecule has 0 saturated carbocycles. The third-order valence-electron chi connectivity index (χ3n) is 5.20. The van der Waals surface area contributed by atoms with Gasteiger partial charge in [0.2, 0.25) is 0 Å². The molecule has 0 N–H and O–H groups in total. The van der Waals surface area contributed by atoms with E-state index in [1.807, 2.05) is 23.1 Å². The minimum absolute atomic E-state index is 0.0555. The second-order valence-corrected chi connectivity index (χ2v) is 7.51. The number of benzene rings is 2. The average molecular weight is 369 g/mol. The lowest BCUT2D eigenvalue weighted by molar-refractivity contribution is -0.0568. The maximum Gasteiger partial charge on any atom is 0.253 e. The summed E-state index contributed by atoms with van der Waals surface area (Å²) in [6, 6.07) is 17.4. The lowest BCUT2D eigenvalue weighted by Gasteiger charge is -2.37. The van der Waals surface area contributed by atoms with Gasteiger partial charge >= 0.3 is 0 Å². The van der Waals surface area contributed by atoms with Gasteiger partial charge in [-0.15, -0.1) is 0 Å². The smallest absolute Gasteiger partial charge is 0.253 e. The highest BCUT2D eigenvalue weighted by Gasteiger charge is 2.42. The van der Waals surface area contributed by atoms with E-state index in [-0.39, 0.29) is 11.5 Å². The molecule has 2 heterocycles. The molecular weight excluding hydrogens is 348 g/mol. The van der Waals surface area contributed by atoms with Crippen LogP contribution in [0.25, 0.3) is 0 Å². The predicted octanol–water partition coefficient (Wildman–Crippen LogP) is 4.33. The van der Waals surface area contributed by atoms with Gasteiger partial charge in [-0.1, -0.05) is 47.1 Å². The van der Waals surface area contributed by atoms with Gasteiger partial charge in [-0.25, -0.2) is 0 Å². The van der Waals surface area contributed by atoms with Crippen LogP contribution in [-0.2, 0) is 11.3 Å². The Kier molecular flexibility index (Phi) is 4.68. The number of rotatable bonds is 3. The van der Waals surface area contributed by atoms with Crippen molar-refractivity contribution in [1.29, 1.82) is 0 Å². The number of amides is 1. The molecule has 4 rings (SSSR count). The second-order valence-electron chi connectivity index (χ2n) is 7.07. The summed E-state index contributed by atoms with van der Waals surface area (Å²) in [5.74, 6) is 0.0555. The molecule has 1 fully saturated rings. The molecule has 0 aromatic heterocycles. The van der Waals surface area contributed by atoms with Crippen molar-refractivity contribution < 1.29 is 9.63 Å². The van der Waals surface area contributed by atoms with E-state index in [4.69, 9.17) is 16.4 Å². The van der Waals surface area contributed by atoms with Gasteiger partial charge < -0.3 is 9.74 Å². The van der Waals surface area contributed by atoms with Crippen LogP contribution in [0.2, 0.25) is 5.02 Å². The number of piperidine rings is 1. The van der Waals surface area contributed by atoms with Gasteiger partial charge in [0.25, 0.3) is 5.91 Å². The van der Waals surface area contributed by atoms with Crippen LogP contribution in [-0.4, -0.2) is 35.2 Å². The standard InChI is InChI=1S/C21H21ClN2O2/c22-18-8-6-17(7-9-18)20(25)24-12-10-21(11-13-24)15-19(23-26-21)14-16-4-2-1-3-5-16/h1-9H,10-15H2. The van der Waals surface area contributed by atoms with Gasteiger partial charge in [-0.05, 0) is 29.8 Å². The Labute approximate surface area is 158 Å². The molecule has 0 atom stereocenters. The van der Waals surface area contributed by atoms with E-state index in [9.17, 15) is 4.79 Å². The molecule has 134 valence electrons. The molecule has 4 nitrogen and oxygen atoms in total. The second kappa shape index (κ2) is 7.12. The van der Waals surface area contributed by atoms with Crippen molar-refractivity contribution in [2.75, 3.05) is 13.1 Å². The number of carbonyl (C=O) groups excluding carboxylic acids is 1. The molecule has 26 heavy (non-hydrogen) atoms. The van der Waals surface area contributed by atoms with Gasteiger partial charge in [0.05, 0.1) is 5.71 Å². The first-order valence-corrected chi connectivity index (χ1v) is 9.34. The van der Waals surface area contributed by atoms with Gasteiger partial charge in [-0.2, -0.15) is 0 Å². The van der Waals surface area contributed by atoms with Crippen LogP contribution in [0.15, 0.2) is 59.8 Å². The molecule has 0 radical (unpaired) electrons. The van der Waals surface area contributed by atoms with Crippen molar-refractivity contribution in [3.8, 4) is 0 Å². The van der Waals surface area contributed by atoms with Crippen LogP contribution < -0.4 is 0 Å².